The first-order chi connectivity index (χ1) is 13.2. The average molecular weight is 382 g/mol. The predicted octanol–water partition coefficient (Wildman–Crippen LogP) is 3.89. The first-order valence-electron chi connectivity index (χ1n) is 8.33. The van der Waals surface area contributed by atoms with E-state index in [2.05, 4.69) is 4.98 Å². The molecule has 0 fully saturated rings. The fraction of sp³-hybridized carbons (Fsp3) is 0.200. The summed E-state index contributed by atoms with van der Waals surface area (Å²) in [4.78, 5) is 17.4. The molecule has 0 amide bonds. The van der Waals surface area contributed by atoms with Gasteiger partial charge in [0.25, 0.3) is 5.91 Å². The number of thioether (sulfide) groups is 1. The van der Waals surface area contributed by atoms with Crippen LogP contribution in [-0.4, -0.2) is 42.0 Å². The summed E-state index contributed by atoms with van der Waals surface area (Å²) in [6.45, 7) is 0. The molecule has 138 valence electrons. The third-order valence-corrected chi connectivity index (χ3v) is 5.47. The molecule has 2 heterocycles. The Balaban J connectivity index is 1.63. The van der Waals surface area contributed by atoms with Crippen LogP contribution < -0.4 is 14.2 Å². The topological polar surface area (TPSA) is 62.6 Å². The highest BCUT2D eigenvalue weighted by Crippen LogP contribution is 2.39. The Morgan fingerprint density at radius 3 is 2.44 bits per heavy atom. The third kappa shape index (κ3) is 2.94. The summed E-state index contributed by atoms with van der Waals surface area (Å²) < 4.78 is 17.8. The first kappa shape index (κ1) is 17.5. The SMILES string of the molecule is COc1cc(/C=C/C2Sc3nc4ccccc4n3C2=O)cc(OC)c1OC. The molecule has 2 aromatic carbocycles. The molecule has 1 aromatic heterocycles. The Bertz CT molecular complexity index is 1030. The molecule has 0 saturated heterocycles. The minimum atomic E-state index is -0.323. The zero-order valence-corrected chi connectivity index (χ0v) is 15.9. The number of nitrogens with zero attached hydrogens (tertiary/aromatic N) is 2. The van der Waals surface area contributed by atoms with Gasteiger partial charge in [0.05, 0.1) is 32.4 Å². The summed E-state index contributed by atoms with van der Waals surface area (Å²) in [6.07, 6.45) is 3.76. The number of carbonyl (C=O) groups is 1. The van der Waals surface area contributed by atoms with Crippen molar-refractivity contribution < 1.29 is 19.0 Å². The third-order valence-electron chi connectivity index (χ3n) is 4.38. The van der Waals surface area contributed by atoms with Crippen molar-refractivity contribution in [1.29, 1.82) is 0 Å². The fourth-order valence-corrected chi connectivity index (χ4v) is 4.14. The van der Waals surface area contributed by atoms with Gasteiger partial charge < -0.3 is 14.2 Å². The largest absolute Gasteiger partial charge is 0.493 e. The van der Waals surface area contributed by atoms with Crippen molar-refractivity contribution in [1.82, 2.24) is 9.55 Å². The van der Waals surface area contributed by atoms with Crippen LogP contribution in [0.1, 0.15) is 10.4 Å². The van der Waals surface area contributed by atoms with Crippen molar-refractivity contribution in [3.8, 4) is 17.2 Å². The van der Waals surface area contributed by atoms with Crippen molar-refractivity contribution in [3.05, 3.63) is 48.0 Å². The Kier molecular flexibility index (Phi) is 4.53. The monoisotopic (exact) mass is 382 g/mol. The van der Waals surface area contributed by atoms with Gasteiger partial charge in [-0.15, -0.1) is 0 Å². The van der Waals surface area contributed by atoms with Gasteiger partial charge in [-0.1, -0.05) is 36.0 Å². The second-order valence-electron chi connectivity index (χ2n) is 5.91. The van der Waals surface area contributed by atoms with Gasteiger partial charge in [0.2, 0.25) is 5.75 Å². The summed E-state index contributed by atoms with van der Waals surface area (Å²) in [5, 5.41) is 0.400. The Labute approximate surface area is 160 Å². The number of methoxy groups -OCH3 is 3. The van der Waals surface area contributed by atoms with Gasteiger partial charge in [-0.2, -0.15) is 0 Å². The lowest BCUT2D eigenvalue weighted by atomic mass is 10.1. The standard InChI is InChI=1S/C20H18N2O4S/c1-24-15-10-12(11-16(25-2)18(15)26-3)8-9-17-19(23)22-14-7-5-4-6-13(14)21-20(22)27-17/h4-11,17H,1-3H3/b9-8+. The van der Waals surface area contributed by atoms with E-state index >= 15 is 0 Å². The summed E-state index contributed by atoms with van der Waals surface area (Å²) in [5.41, 5.74) is 2.53. The van der Waals surface area contributed by atoms with Crippen LogP contribution >= 0.6 is 11.8 Å². The van der Waals surface area contributed by atoms with E-state index in [4.69, 9.17) is 14.2 Å². The molecule has 1 atom stereocenters. The van der Waals surface area contributed by atoms with Gasteiger partial charge in [-0.05, 0) is 29.8 Å². The van der Waals surface area contributed by atoms with Gasteiger partial charge in [-0.25, -0.2) is 4.98 Å². The van der Waals surface area contributed by atoms with Crippen LogP contribution in [0.3, 0.4) is 0 Å². The van der Waals surface area contributed by atoms with E-state index < -0.39 is 0 Å². The molecular formula is C20H18N2O4S. The lowest BCUT2D eigenvalue weighted by Gasteiger charge is -2.13. The Morgan fingerprint density at radius 2 is 1.78 bits per heavy atom. The number of carbonyl (C=O) groups excluding carboxylic acids is 1. The fourth-order valence-electron chi connectivity index (χ4n) is 3.10. The van der Waals surface area contributed by atoms with Crippen molar-refractivity contribution in [2.45, 2.75) is 10.4 Å². The number of para-hydroxylation sites is 2. The number of hydrogen-bond acceptors (Lipinski definition) is 6. The number of imidazole rings is 1. The van der Waals surface area contributed by atoms with E-state index in [1.165, 1.54) is 11.8 Å². The van der Waals surface area contributed by atoms with E-state index in [0.29, 0.717) is 17.2 Å². The molecule has 27 heavy (non-hydrogen) atoms. The minimum Gasteiger partial charge on any atom is -0.493 e. The van der Waals surface area contributed by atoms with Crippen LogP contribution in [0.4, 0.5) is 0 Å². The second kappa shape index (κ2) is 7.00. The zero-order valence-electron chi connectivity index (χ0n) is 15.1. The highest BCUT2D eigenvalue weighted by atomic mass is 32.2. The van der Waals surface area contributed by atoms with Crippen LogP contribution in [0.5, 0.6) is 17.2 Å². The highest BCUT2D eigenvalue weighted by molar-refractivity contribution is 8.01. The number of ether oxygens (including phenoxy) is 3. The van der Waals surface area contributed by atoms with Gasteiger partial charge in [0.15, 0.2) is 16.7 Å². The van der Waals surface area contributed by atoms with Crippen molar-refractivity contribution in [2.75, 3.05) is 21.3 Å². The quantitative estimate of drug-likeness (QED) is 0.667. The molecule has 0 radical (unpaired) electrons. The van der Waals surface area contributed by atoms with Crippen LogP contribution in [0.15, 0.2) is 47.6 Å². The number of aromatic nitrogens is 2. The van der Waals surface area contributed by atoms with E-state index in [-0.39, 0.29) is 11.2 Å². The van der Waals surface area contributed by atoms with Crippen LogP contribution in [-0.2, 0) is 0 Å². The molecule has 0 saturated carbocycles. The van der Waals surface area contributed by atoms with Gasteiger partial charge in [0.1, 0.15) is 5.25 Å². The second-order valence-corrected chi connectivity index (χ2v) is 7.02. The maximum atomic E-state index is 12.8. The lowest BCUT2D eigenvalue weighted by molar-refractivity contribution is 0.0927. The molecule has 1 unspecified atom stereocenters. The first-order valence-corrected chi connectivity index (χ1v) is 9.20. The van der Waals surface area contributed by atoms with E-state index in [0.717, 1.165) is 21.8 Å². The molecule has 3 aromatic rings. The molecule has 0 aliphatic carbocycles. The smallest absolute Gasteiger partial charge is 0.250 e. The highest BCUT2D eigenvalue weighted by Gasteiger charge is 2.32. The van der Waals surface area contributed by atoms with Crippen molar-refractivity contribution >= 4 is 34.8 Å². The van der Waals surface area contributed by atoms with Crippen LogP contribution in [0, 0.1) is 0 Å². The Hall–Kier alpha value is -2.93. The average Bonchev–Trinajstić information content (AvgIpc) is 3.21. The van der Waals surface area contributed by atoms with E-state index in [1.807, 2.05) is 48.6 Å². The van der Waals surface area contributed by atoms with Crippen LogP contribution in [0.2, 0.25) is 0 Å². The molecule has 6 nitrogen and oxygen atoms in total. The van der Waals surface area contributed by atoms with Gasteiger partial charge in [-0.3, -0.25) is 9.36 Å². The number of benzene rings is 2. The maximum Gasteiger partial charge on any atom is 0.250 e. The zero-order chi connectivity index (χ0) is 19.0. The molecule has 7 heteroatoms. The van der Waals surface area contributed by atoms with Crippen LogP contribution in [0.25, 0.3) is 17.1 Å². The number of fused-ring (bicyclic) bond motifs is 3. The summed E-state index contributed by atoms with van der Waals surface area (Å²) >= 11 is 1.45. The summed E-state index contributed by atoms with van der Waals surface area (Å²) in [6, 6.07) is 11.3. The van der Waals surface area contributed by atoms with Crippen molar-refractivity contribution in [2.24, 2.45) is 0 Å². The van der Waals surface area contributed by atoms with Crippen molar-refractivity contribution in [3.63, 3.8) is 0 Å². The van der Waals surface area contributed by atoms with Gasteiger partial charge in [0, 0.05) is 0 Å². The van der Waals surface area contributed by atoms with E-state index in [1.54, 1.807) is 25.9 Å². The van der Waals surface area contributed by atoms with E-state index in [9.17, 15) is 4.79 Å². The normalized spacial score (nSPS) is 16.1. The maximum absolute atomic E-state index is 12.8. The number of rotatable bonds is 5. The minimum absolute atomic E-state index is 0.00684. The molecule has 1 aliphatic rings. The summed E-state index contributed by atoms with van der Waals surface area (Å²) in [5.74, 6) is 1.68. The Morgan fingerprint density at radius 1 is 1.07 bits per heavy atom. The van der Waals surface area contributed by atoms with Gasteiger partial charge >= 0.3 is 0 Å². The lowest BCUT2D eigenvalue weighted by Crippen LogP contribution is -2.15. The predicted molar refractivity (Wildman–Crippen MR) is 105 cm³/mol. The molecule has 4 rings (SSSR count). The molecule has 0 bridgehead atoms. The molecule has 1 aliphatic heterocycles. The number of hydrogen-bond donors (Lipinski definition) is 0. The molecular weight excluding hydrogens is 364 g/mol. The molecule has 0 N–H and O–H groups in total. The molecule has 0 spiro atoms. The summed E-state index contributed by atoms with van der Waals surface area (Å²) in [7, 11) is 4.71.